The Morgan fingerprint density at radius 1 is 1.31 bits per heavy atom. The molecule has 6 heteroatoms. The van der Waals surface area contributed by atoms with Crippen LogP contribution in [0, 0.1) is 0 Å². The molecule has 0 fully saturated rings. The van der Waals surface area contributed by atoms with Gasteiger partial charge in [0.1, 0.15) is 11.6 Å². The standard InChI is InChI=1S/C20H25N5O/c1-3-4-5-14(2)12-25-11-10-17-18(13-25)23-20(24-19(17)21)22-15-6-8-16(26)9-7-15/h3-9,26H,10-13H2,1-2H3,(H3,21,22,23,24)/b4-3-,14-5+. The van der Waals surface area contributed by atoms with Crippen LogP contribution in [0.3, 0.4) is 0 Å². The first kappa shape index (κ1) is 17.9. The number of hydrogen-bond donors (Lipinski definition) is 3. The molecule has 0 saturated carbocycles. The number of nitrogens with zero attached hydrogens (tertiary/aromatic N) is 3. The molecule has 0 unspecified atom stereocenters. The third kappa shape index (κ3) is 4.40. The van der Waals surface area contributed by atoms with E-state index in [9.17, 15) is 5.11 Å². The Kier molecular flexibility index (Phi) is 5.53. The zero-order valence-electron chi connectivity index (χ0n) is 15.2. The number of nitrogens with one attached hydrogen (secondary N) is 1. The lowest BCUT2D eigenvalue weighted by atomic mass is 10.0. The second-order valence-electron chi connectivity index (χ2n) is 6.53. The van der Waals surface area contributed by atoms with Gasteiger partial charge >= 0.3 is 0 Å². The third-order valence-corrected chi connectivity index (χ3v) is 4.35. The van der Waals surface area contributed by atoms with Gasteiger partial charge in [-0.25, -0.2) is 4.98 Å². The Bertz CT molecular complexity index is 827. The molecule has 4 N–H and O–H groups in total. The van der Waals surface area contributed by atoms with Gasteiger partial charge in [0.2, 0.25) is 5.95 Å². The topological polar surface area (TPSA) is 87.3 Å². The fourth-order valence-corrected chi connectivity index (χ4v) is 3.04. The van der Waals surface area contributed by atoms with Gasteiger partial charge in [-0.15, -0.1) is 0 Å². The number of aromatic hydroxyl groups is 1. The average molecular weight is 351 g/mol. The van der Waals surface area contributed by atoms with Crippen LogP contribution in [0.25, 0.3) is 0 Å². The van der Waals surface area contributed by atoms with Crippen molar-refractivity contribution < 1.29 is 5.11 Å². The summed E-state index contributed by atoms with van der Waals surface area (Å²) >= 11 is 0. The van der Waals surface area contributed by atoms with E-state index in [-0.39, 0.29) is 5.75 Å². The lowest BCUT2D eigenvalue weighted by Gasteiger charge is -2.29. The van der Waals surface area contributed by atoms with E-state index < -0.39 is 0 Å². The van der Waals surface area contributed by atoms with Gasteiger partial charge in [0.25, 0.3) is 0 Å². The fourth-order valence-electron chi connectivity index (χ4n) is 3.04. The number of benzene rings is 1. The maximum atomic E-state index is 9.39. The summed E-state index contributed by atoms with van der Waals surface area (Å²) in [5.41, 5.74) is 10.3. The summed E-state index contributed by atoms with van der Waals surface area (Å²) in [4.78, 5) is 11.4. The van der Waals surface area contributed by atoms with Gasteiger partial charge in [-0.05, 0) is 44.5 Å². The molecule has 0 atom stereocenters. The van der Waals surface area contributed by atoms with Gasteiger partial charge in [0.15, 0.2) is 0 Å². The lowest BCUT2D eigenvalue weighted by molar-refractivity contribution is 0.271. The van der Waals surface area contributed by atoms with Crippen molar-refractivity contribution in [3.63, 3.8) is 0 Å². The fraction of sp³-hybridized carbons (Fsp3) is 0.300. The first-order valence-electron chi connectivity index (χ1n) is 8.77. The van der Waals surface area contributed by atoms with Gasteiger partial charge in [-0.3, -0.25) is 4.90 Å². The maximum Gasteiger partial charge on any atom is 0.229 e. The number of aromatic nitrogens is 2. The van der Waals surface area contributed by atoms with Crippen molar-refractivity contribution in [2.45, 2.75) is 26.8 Å². The van der Waals surface area contributed by atoms with Crippen molar-refractivity contribution in [1.82, 2.24) is 14.9 Å². The Morgan fingerprint density at radius 2 is 2.08 bits per heavy atom. The number of phenols is 1. The monoisotopic (exact) mass is 351 g/mol. The van der Waals surface area contributed by atoms with Gasteiger partial charge in [0, 0.05) is 30.9 Å². The SMILES string of the molecule is C/C=C\C=C(/C)CN1CCc2c(N)nc(Nc3ccc(O)cc3)nc2C1. The lowest BCUT2D eigenvalue weighted by Crippen LogP contribution is -2.33. The largest absolute Gasteiger partial charge is 0.508 e. The average Bonchev–Trinajstić information content (AvgIpc) is 2.61. The van der Waals surface area contributed by atoms with Crippen LogP contribution in [0.15, 0.2) is 48.1 Å². The quantitative estimate of drug-likeness (QED) is 0.565. The summed E-state index contributed by atoms with van der Waals surface area (Å²) in [6.45, 7) is 6.78. The number of anilines is 3. The summed E-state index contributed by atoms with van der Waals surface area (Å²) < 4.78 is 0. The molecule has 0 amide bonds. The zero-order chi connectivity index (χ0) is 18.5. The van der Waals surface area contributed by atoms with Gasteiger partial charge in [0.05, 0.1) is 5.69 Å². The second-order valence-corrected chi connectivity index (χ2v) is 6.53. The molecule has 1 aliphatic heterocycles. The number of hydrogen-bond acceptors (Lipinski definition) is 6. The van der Waals surface area contributed by atoms with Crippen LogP contribution >= 0.6 is 0 Å². The van der Waals surface area contributed by atoms with Crippen molar-refractivity contribution in [3.05, 3.63) is 59.3 Å². The van der Waals surface area contributed by atoms with Crippen LogP contribution in [0.5, 0.6) is 5.75 Å². The van der Waals surface area contributed by atoms with Crippen LogP contribution in [-0.4, -0.2) is 33.1 Å². The molecule has 3 rings (SSSR count). The molecule has 136 valence electrons. The minimum atomic E-state index is 0.221. The number of nitrogen functional groups attached to an aromatic ring is 1. The van der Waals surface area contributed by atoms with Gasteiger partial charge < -0.3 is 16.2 Å². The smallest absolute Gasteiger partial charge is 0.229 e. The molecule has 1 aromatic carbocycles. The van der Waals surface area contributed by atoms with Gasteiger partial charge in [-0.2, -0.15) is 4.98 Å². The molecule has 0 aliphatic carbocycles. The van der Waals surface area contributed by atoms with Crippen molar-refractivity contribution >= 4 is 17.5 Å². The van der Waals surface area contributed by atoms with Crippen molar-refractivity contribution in [2.75, 3.05) is 24.1 Å². The highest BCUT2D eigenvalue weighted by atomic mass is 16.3. The minimum Gasteiger partial charge on any atom is -0.508 e. The number of allylic oxidation sites excluding steroid dienone is 3. The second kappa shape index (κ2) is 8.01. The number of phenolic OH excluding ortho intramolecular Hbond substituents is 1. The molecule has 0 bridgehead atoms. The summed E-state index contributed by atoms with van der Waals surface area (Å²) in [7, 11) is 0. The molecule has 0 saturated heterocycles. The Labute approximate surface area is 154 Å². The van der Waals surface area contributed by atoms with E-state index in [1.165, 1.54) is 5.57 Å². The van der Waals surface area contributed by atoms with E-state index >= 15 is 0 Å². The predicted octanol–water partition coefficient (Wildman–Crippen LogP) is 3.39. The summed E-state index contributed by atoms with van der Waals surface area (Å²) in [6, 6.07) is 6.78. The molecule has 0 spiro atoms. The highest BCUT2D eigenvalue weighted by molar-refractivity contribution is 5.57. The molecular weight excluding hydrogens is 326 g/mol. The summed E-state index contributed by atoms with van der Waals surface area (Å²) in [5, 5.41) is 12.5. The zero-order valence-corrected chi connectivity index (χ0v) is 15.2. The maximum absolute atomic E-state index is 9.39. The summed E-state index contributed by atoms with van der Waals surface area (Å²) in [6.07, 6.45) is 7.09. The van der Waals surface area contributed by atoms with E-state index in [1.807, 2.05) is 13.0 Å². The molecular formula is C20H25N5O. The van der Waals surface area contributed by atoms with Crippen LogP contribution < -0.4 is 11.1 Å². The first-order chi connectivity index (χ1) is 12.5. The third-order valence-electron chi connectivity index (χ3n) is 4.35. The van der Waals surface area contributed by atoms with E-state index in [0.29, 0.717) is 11.8 Å². The number of fused-ring (bicyclic) bond motifs is 1. The van der Waals surface area contributed by atoms with Crippen LogP contribution in [0.2, 0.25) is 0 Å². The molecule has 2 heterocycles. The van der Waals surface area contributed by atoms with Crippen molar-refractivity contribution in [2.24, 2.45) is 0 Å². The van der Waals surface area contributed by atoms with E-state index in [4.69, 9.17) is 5.73 Å². The molecule has 1 aromatic heterocycles. The molecule has 26 heavy (non-hydrogen) atoms. The van der Waals surface area contributed by atoms with E-state index in [2.05, 4.69) is 39.3 Å². The Balaban J connectivity index is 1.76. The number of rotatable bonds is 5. The van der Waals surface area contributed by atoms with Crippen LogP contribution in [0.4, 0.5) is 17.5 Å². The normalized spacial score (nSPS) is 15.2. The van der Waals surface area contributed by atoms with Crippen LogP contribution in [0.1, 0.15) is 25.1 Å². The minimum absolute atomic E-state index is 0.221. The molecule has 2 aromatic rings. The van der Waals surface area contributed by atoms with E-state index in [1.54, 1.807) is 24.3 Å². The highest BCUT2D eigenvalue weighted by Crippen LogP contribution is 2.25. The van der Waals surface area contributed by atoms with Crippen LogP contribution in [-0.2, 0) is 13.0 Å². The van der Waals surface area contributed by atoms with Crippen molar-refractivity contribution in [1.29, 1.82) is 0 Å². The Hall–Kier alpha value is -2.86. The first-order valence-corrected chi connectivity index (χ1v) is 8.77. The highest BCUT2D eigenvalue weighted by Gasteiger charge is 2.21. The molecule has 1 aliphatic rings. The van der Waals surface area contributed by atoms with Gasteiger partial charge in [-0.1, -0.05) is 23.8 Å². The van der Waals surface area contributed by atoms with E-state index in [0.717, 1.165) is 43.0 Å². The summed E-state index contributed by atoms with van der Waals surface area (Å²) in [5.74, 6) is 1.24. The molecule has 0 radical (unpaired) electrons. The van der Waals surface area contributed by atoms with Crippen molar-refractivity contribution in [3.8, 4) is 5.75 Å². The molecule has 6 nitrogen and oxygen atoms in total. The number of nitrogens with two attached hydrogens (primary N) is 1. The Morgan fingerprint density at radius 3 is 2.81 bits per heavy atom. The predicted molar refractivity (Wildman–Crippen MR) is 105 cm³/mol.